The van der Waals surface area contributed by atoms with Crippen LogP contribution >= 0.6 is 0 Å². The van der Waals surface area contributed by atoms with Gasteiger partial charge in [0.2, 0.25) is 0 Å². The molecule has 0 saturated carbocycles. The van der Waals surface area contributed by atoms with Gasteiger partial charge in [0.25, 0.3) is 11.6 Å². The number of nitro groups is 1. The van der Waals surface area contributed by atoms with E-state index in [-0.39, 0.29) is 11.6 Å². The number of ether oxygens (including phenoxy) is 1. The van der Waals surface area contributed by atoms with Crippen LogP contribution in [0.1, 0.15) is 21.6 Å². The first-order chi connectivity index (χ1) is 14.4. The average molecular weight is 406 g/mol. The summed E-state index contributed by atoms with van der Waals surface area (Å²) >= 11 is 0. The molecule has 2 heterocycles. The van der Waals surface area contributed by atoms with E-state index in [0.29, 0.717) is 43.4 Å². The van der Waals surface area contributed by atoms with Gasteiger partial charge in [0, 0.05) is 30.8 Å². The Balaban J connectivity index is 1.83. The lowest BCUT2D eigenvalue weighted by Gasteiger charge is -2.26. The van der Waals surface area contributed by atoms with Gasteiger partial charge in [-0.25, -0.2) is 4.68 Å². The van der Waals surface area contributed by atoms with Gasteiger partial charge in [0.1, 0.15) is 5.69 Å². The van der Waals surface area contributed by atoms with E-state index in [0.717, 1.165) is 11.1 Å². The van der Waals surface area contributed by atoms with Crippen LogP contribution in [-0.2, 0) is 4.74 Å². The van der Waals surface area contributed by atoms with Crippen LogP contribution in [0.2, 0.25) is 0 Å². The number of non-ortho nitro benzene ring substituents is 1. The van der Waals surface area contributed by atoms with Crippen LogP contribution in [0.4, 0.5) is 5.69 Å². The molecule has 4 rings (SSSR count). The molecule has 0 N–H and O–H groups in total. The summed E-state index contributed by atoms with van der Waals surface area (Å²) in [4.78, 5) is 25.8. The quantitative estimate of drug-likeness (QED) is 0.488. The molecule has 2 aromatic carbocycles. The van der Waals surface area contributed by atoms with E-state index in [1.165, 1.54) is 22.4 Å². The number of hydrogen-bond acceptors (Lipinski definition) is 5. The maximum atomic E-state index is 13.3. The Bertz CT molecular complexity index is 1120. The Kier molecular flexibility index (Phi) is 5.33. The second-order valence-corrected chi connectivity index (χ2v) is 7.31. The number of morpholine rings is 1. The summed E-state index contributed by atoms with van der Waals surface area (Å²) in [6.45, 7) is 6.03. The second-order valence-electron chi connectivity index (χ2n) is 7.31. The fourth-order valence-electron chi connectivity index (χ4n) is 3.44. The molecule has 1 aliphatic heterocycles. The van der Waals surface area contributed by atoms with Crippen LogP contribution in [0.5, 0.6) is 0 Å². The third kappa shape index (κ3) is 3.81. The van der Waals surface area contributed by atoms with E-state index in [1.807, 2.05) is 32.0 Å². The van der Waals surface area contributed by atoms with Crippen molar-refractivity contribution in [3.63, 3.8) is 0 Å². The van der Waals surface area contributed by atoms with E-state index >= 15 is 0 Å². The standard InChI is InChI=1S/C22H22N4O4/c1-15-6-7-17(12-16(15)2)20-14-21(22(27)24-8-10-30-11-9-24)25(23-20)18-4-3-5-19(13-18)26(28)29/h3-7,12-14H,8-11H2,1-2H3. The van der Waals surface area contributed by atoms with Crippen LogP contribution in [-0.4, -0.2) is 51.8 Å². The Labute approximate surface area is 173 Å². The molecule has 0 spiro atoms. The fraction of sp³-hybridized carbons (Fsp3) is 0.273. The minimum atomic E-state index is -0.458. The summed E-state index contributed by atoms with van der Waals surface area (Å²) in [7, 11) is 0. The molecule has 3 aromatic rings. The minimum Gasteiger partial charge on any atom is -0.378 e. The van der Waals surface area contributed by atoms with Crippen LogP contribution in [0, 0.1) is 24.0 Å². The van der Waals surface area contributed by atoms with E-state index in [4.69, 9.17) is 4.74 Å². The van der Waals surface area contributed by atoms with Gasteiger partial charge in [0.05, 0.1) is 29.5 Å². The van der Waals surface area contributed by atoms with E-state index in [9.17, 15) is 14.9 Å². The lowest BCUT2D eigenvalue weighted by Crippen LogP contribution is -2.41. The average Bonchev–Trinajstić information content (AvgIpc) is 3.21. The molecule has 1 fully saturated rings. The molecule has 1 aromatic heterocycles. The molecule has 154 valence electrons. The number of hydrogen-bond donors (Lipinski definition) is 0. The maximum absolute atomic E-state index is 13.3. The van der Waals surface area contributed by atoms with E-state index in [1.54, 1.807) is 23.1 Å². The molecule has 0 radical (unpaired) electrons. The minimum absolute atomic E-state index is 0.0551. The molecule has 0 unspecified atom stereocenters. The molecular weight excluding hydrogens is 384 g/mol. The second kappa shape index (κ2) is 8.08. The number of nitro benzene ring substituents is 1. The highest BCUT2D eigenvalue weighted by atomic mass is 16.6. The lowest BCUT2D eigenvalue weighted by atomic mass is 10.0. The van der Waals surface area contributed by atoms with Gasteiger partial charge in [-0.1, -0.05) is 18.2 Å². The van der Waals surface area contributed by atoms with Crippen LogP contribution in [0.3, 0.4) is 0 Å². The zero-order valence-corrected chi connectivity index (χ0v) is 16.9. The zero-order valence-electron chi connectivity index (χ0n) is 16.9. The first-order valence-corrected chi connectivity index (χ1v) is 9.73. The normalized spacial score (nSPS) is 14.0. The molecule has 0 atom stereocenters. The molecule has 1 saturated heterocycles. The highest BCUT2D eigenvalue weighted by Crippen LogP contribution is 2.26. The summed E-state index contributed by atoms with van der Waals surface area (Å²) in [5.74, 6) is -0.174. The monoisotopic (exact) mass is 406 g/mol. The highest BCUT2D eigenvalue weighted by molar-refractivity contribution is 5.94. The van der Waals surface area contributed by atoms with Gasteiger partial charge in [-0.05, 0) is 43.2 Å². The van der Waals surface area contributed by atoms with Gasteiger partial charge in [-0.3, -0.25) is 14.9 Å². The first kappa shape index (κ1) is 19.8. The number of amides is 1. The summed E-state index contributed by atoms with van der Waals surface area (Å²) < 4.78 is 6.85. The van der Waals surface area contributed by atoms with Crippen molar-refractivity contribution in [3.8, 4) is 16.9 Å². The largest absolute Gasteiger partial charge is 0.378 e. The van der Waals surface area contributed by atoms with Crippen molar-refractivity contribution in [2.45, 2.75) is 13.8 Å². The molecular formula is C22H22N4O4. The van der Waals surface area contributed by atoms with E-state index in [2.05, 4.69) is 5.10 Å². The smallest absolute Gasteiger partial charge is 0.272 e. The van der Waals surface area contributed by atoms with Gasteiger partial charge in [-0.15, -0.1) is 0 Å². The Morgan fingerprint density at radius 2 is 1.83 bits per heavy atom. The molecule has 8 heteroatoms. The predicted octanol–water partition coefficient (Wildman–Crippen LogP) is 3.54. The summed E-state index contributed by atoms with van der Waals surface area (Å²) in [5, 5.41) is 15.9. The van der Waals surface area contributed by atoms with Crippen molar-refractivity contribution in [2.24, 2.45) is 0 Å². The number of carbonyl (C=O) groups is 1. The van der Waals surface area contributed by atoms with Crippen molar-refractivity contribution < 1.29 is 14.5 Å². The number of nitrogens with zero attached hydrogens (tertiary/aromatic N) is 4. The van der Waals surface area contributed by atoms with Crippen molar-refractivity contribution in [1.29, 1.82) is 0 Å². The third-order valence-electron chi connectivity index (χ3n) is 5.31. The lowest BCUT2D eigenvalue weighted by molar-refractivity contribution is -0.384. The maximum Gasteiger partial charge on any atom is 0.272 e. The predicted molar refractivity (Wildman–Crippen MR) is 112 cm³/mol. The number of benzene rings is 2. The molecule has 8 nitrogen and oxygen atoms in total. The van der Waals surface area contributed by atoms with E-state index < -0.39 is 4.92 Å². The molecule has 30 heavy (non-hydrogen) atoms. The van der Waals surface area contributed by atoms with Crippen LogP contribution in [0.25, 0.3) is 16.9 Å². The summed E-state index contributed by atoms with van der Waals surface area (Å²) in [6, 6.07) is 13.9. The van der Waals surface area contributed by atoms with Crippen LogP contribution < -0.4 is 0 Å². The fourth-order valence-corrected chi connectivity index (χ4v) is 3.44. The number of rotatable bonds is 4. The molecule has 1 aliphatic rings. The third-order valence-corrected chi connectivity index (χ3v) is 5.31. The Hall–Kier alpha value is -3.52. The summed E-state index contributed by atoms with van der Waals surface area (Å²) in [6.07, 6.45) is 0. The Morgan fingerprint density at radius 1 is 1.07 bits per heavy atom. The highest BCUT2D eigenvalue weighted by Gasteiger charge is 2.25. The van der Waals surface area contributed by atoms with Gasteiger partial charge < -0.3 is 9.64 Å². The zero-order chi connectivity index (χ0) is 21.3. The van der Waals surface area contributed by atoms with Crippen LogP contribution in [0.15, 0.2) is 48.5 Å². The first-order valence-electron chi connectivity index (χ1n) is 9.73. The summed E-state index contributed by atoms with van der Waals surface area (Å²) in [5.41, 5.74) is 4.60. The van der Waals surface area contributed by atoms with Crippen molar-refractivity contribution in [1.82, 2.24) is 14.7 Å². The van der Waals surface area contributed by atoms with Crippen molar-refractivity contribution in [3.05, 3.63) is 75.5 Å². The van der Waals surface area contributed by atoms with Crippen molar-refractivity contribution >= 4 is 11.6 Å². The van der Waals surface area contributed by atoms with Gasteiger partial charge >= 0.3 is 0 Å². The van der Waals surface area contributed by atoms with Crippen molar-refractivity contribution in [2.75, 3.05) is 26.3 Å². The Morgan fingerprint density at radius 3 is 2.53 bits per heavy atom. The number of aromatic nitrogens is 2. The van der Waals surface area contributed by atoms with Gasteiger partial charge in [0.15, 0.2) is 0 Å². The SMILES string of the molecule is Cc1ccc(-c2cc(C(=O)N3CCOCC3)n(-c3cccc([N+](=O)[O-])c3)n2)cc1C. The number of carbonyl (C=O) groups excluding carboxylic acids is 1. The topological polar surface area (TPSA) is 90.5 Å². The molecule has 0 aliphatic carbocycles. The van der Waals surface area contributed by atoms with Gasteiger partial charge in [-0.2, -0.15) is 5.10 Å². The number of aryl methyl sites for hydroxylation is 2. The molecule has 0 bridgehead atoms. The molecule has 1 amide bonds.